The summed E-state index contributed by atoms with van der Waals surface area (Å²) < 4.78 is 5.38. The molecule has 0 aromatic carbocycles. The van der Waals surface area contributed by atoms with Crippen LogP contribution in [0.4, 0.5) is 0 Å². The van der Waals surface area contributed by atoms with Crippen molar-refractivity contribution >= 4 is 5.97 Å². The lowest BCUT2D eigenvalue weighted by Crippen LogP contribution is -2.57. The first kappa shape index (κ1) is 19.2. The second kappa shape index (κ2) is 8.14. The van der Waals surface area contributed by atoms with E-state index in [1.54, 1.807) is 0 Å². The van der Waals surface area contributed by atoms with E-state index < -0.39 is 0 Å². The highest BCUT2D eigenvalue weighted by atomic mass is 16.5. The standard InChI is InChI=1S/C19H35NO2/c1-7-8-9-10-11-12-13-20-18(3,4)14-17(22-16(2)21)15-19(20,5)6/h14H,7-13,15H2,1-6H3. The van der Waals surface area contributed by atoms with Crippen LogP contribution in [-0.4, -0.2) is 28.5 Å². The Balaban J connectivity index is 2.61. The normalized spacial score (nSPS) is 20.5. The van der Waals surface area contributed by atoms with E-state index in [0.717, 1.165) is 18.7 Å². The number of unbranched alkanes of at least 4 members (excludes halogenated alkanes) is 5. The van der Waals surface area contributed by atoms with Gasteiger partial charge < -0.3 is 4.74 Å². The molecule has 0 radical (unpaired) electrons. The Bertz CT molecular complexity index is 396. The predicted molar refractivity (Wildman–Crippen MR) is 92.7 cm³/mol. The van der Waals surface area contributed by atoms with Gasteiger partial charge in [-0.05, 0) is 46.7 Å². The molecule has 0 bridgehead atoms. The van der Waals surface area contributed by atoms with Crippen LogP contribution in [0.3, 0.4) is 0 Å². The Morgan fingerprint density at radius 1 is 1.14 bits per heavy atom. The molecule has 128 valence electrons. The Labute approximate surface area is 137 Å². The number of hydrogen-bond donors (Lipinski definition) is 0. The molecule has 0 atom stereocenters. The minimum Gasteiger partial charge on any atom is -0.431 e. The largest absolute Gasteiger partial charge is 0.431 e. The number of rotatable bonds is 8. The maximum absolute atomic E-state index is 11.2. The second-order valence-electron chi connectivity index (χ2n) is 7.77. The molecular weight excluding hydrogens is 274 g/mol. The van der Waals surface area contributed by atoms with E-state index in [1.807, 2.05) is 0 Å². The highest BCUT2D eigenvalue weighted by molar-refractivity contribution is 5.67. The summed E-state index contributed by atoms with van der Waals surface area (Å²) in [6, 6.07) is 0. The number of nitrogens with zero attached hydrogens (tertiary/aromatic N) is 1. The van der Waals surface area contributed by atoms with E-state index in [1.165, 1.54) is 45.4 Å². The third kappa shape index (κ3) is 5.75. The van der Waals surface area contributed by atoms with Gasteiger partial charge in [0.15, 0.2) is 0 Å². The Morgan fingerprint density at radius 3 is 2.27 bits per heavy atom. The fourth-order valence-electron chi connectivity index (χ4n) is 3.72. The third-order valence-corrected chi connectivity index (χ3v) is 4.56. The summed E-state index contributed by atoms with van der Waals surface area (Å²) >= 11 is 0. The second-order valence-corrected chi connectivity index (χ2v) is 7.77. The number of esters is 1. The van der Waals surface area contributed by atoms with Crippen molar-refractivity contribution < 1.29 is 9.53 Å². The zero-order chi connectivity index (χ0) is 16.8. The van der Waals surface area contributed by atoms with Gasteiger partial charge in [0.1, 0.15) is 5.76 Å². The molecule has 0 aromatic heterocycles. The van der Waals surface area contributed by atoms with Gasteiger partial charge in [-0.2, -0.15) is 0 Å². The van der Waals surface area contributed by atoms with Crippen LogP contribution in [0.5, 0.6) is 0 Å². The van der Waals surface area contributed by atoms with Gasteiger partial charge in [-0.3, -0.25) is 9.69 Å². The van der Waals surface area contributed by atoms with Gasteiger partial charge in [-0.1, -0.05) is 39.0 Å². The lowest BCUT2D eigenvalue weighted by Gasteiger charge is -2.51. The van der Waals surface area contributed by atoms with Crippen molar-refractivity contribution in [2.75, 3.05) is 6.54 Å². The summed E-state index contributed by atoms with van der Waals surface area (Å²) in [6.07, 6.45) is 10.8. The molecule has 1 rings (SSSR count). The van der Waals surface area contributed by atoms with Crippen molar-refractivity contribution in [3.8, 4) is 0 Å². The van der Waals surface area contributed by atoms with Crippen LogP contribution >= 0.6 is 0 Å². The van der Waals surface area contributed by atoms with Gasteiger partial charge in [-0.25, -0.2) is 0 Å². The number of carbonyl (C=O) groups excluding carboxylic acids is 1. The molecule has 0 fully saturated rings. The number of carbonyl (C=O) groups is 1. The van der Waals surface area contributed by atoms with Crippen LogP contribution in [0.15, 0.2) is 11.8 Å². The van der Waals surface area contributed by atoms with Crippen LogP contribution in [0.25, 0.3) is 0 Å². The SMILES string of the molecule is CCCCCCCCN1C(C)(C)C=C(OC(C)=O)CC1(C)C. The fourth-order valence-corrected chi connectivity index (χ4v) is 3.72. The summed E-state index contributed by atoms with van der Waals surface area (Å²) in [7, 11) is 0. The van der Waals surface area contributed by atoms with Crippen molar-refractivity contribution in [1.82, 2.24) is 4.90 Å². The minimum absolute atomic E-state index is 0.0203. The zero-order valence-corrected chi connectivity index (χ0v) is 15.5. The smallest absolute Gasteiger partial charge is 0.307 e. The molecule has 0 aliphatic carbocycles. The van der Waals surface area contributed by atoms with Crippen molar-refractivity contribution in [3.05, 3.63) is 11.8 Å². The highest BCUT2D eigenvalue weighted by Gasteiger charge is 2.41. The van der Waals surface area contributed by atoms with Crippen LogP contribution in [-0.2, 0) is 9.53 Å². The first-order chi connectivity index (χ1) is 10.2. The molecular formula is C19H35NO2. The van der Waals surface area contributed by atoms with E-state index in [0.29, 0.717) is 0 Å². The molecule has 0 saturated carbocycles. The molecule has 1 aliphatic heterocycles. The van der Waals surface area contributed by atoms with Crippen molar-refractivity contribution in [3.63, 3.8) is 0 Å². The molecule has 1 aliphatic rings. The maximum Gasteiger partial charge on any atom is 0.307 e. The van der Waals surface area contributed by atoms with Crippen LogP contribution in [0.2, 0.25) is 0 Å². The van der Waals surface area contributed by atoms with Crippen molar-refractivity contribution in [2.45, 2.75) is 97.6 Å². The van der Waals surface area contributed by atoms with Crippen LogP contribution in [0.1, 0.15) is 86.5 Å². The average molecular weight is 309 g/mol. The van der Waals surface area contributed by atoms with E-state index >= 15 is 0 Å². The molecule has 0 amide bonds. The molecule has 3 heteroatoms. The van der Waals surface area contributed by atoms with E-state index in [9.17, 15) is 4.79 Å². The molecule has 22 heavy (non-hydrogen) atoms. The van der Waals surface area contributed by atoms with Crippen molar-refractivity contribution in [2.24, 2.45) is 0 Å². The lowest BCUT2D eigenvalue weighted by molar-refractivity contribution is -0.138. The summed E-state index contributed by atoms with van der Waals surface area (Å²) in [4.78, 5) is 13.8. The molecule has 0 aromatic rings. The van der Waals surface area contributed by atoms with Gasteiger partial charge >= 0.3 is 5.97 Å². The summed E-state index contributed by atoms with van der Waals surface area (Å²) in [6.45, 7) is 13.8. The molecule has 0 N–H and O–H groups in total. The predicted octanol–water partition coefficient (Wildman–Crippen LogP) is 5.06. The van der Waals surface area contributed by atoms with E-state index in [-0.39, 0.29) is 17.0 Å². The molecule has 3 nitrogen and oxygen atoms in total. The van der Waals surface area contributed by atoms with Gasteiger partial charge in [0.25, 0.3) is 0 Å². The first-order valence-electron chi connectivity index (χ1n) is 8.87. The van der Waals surface area contributed by atoms with Gasteiger partial charge in [0.05, 0.1) is 0 Å². The number of hydrogen-bond acceptors (Lipinski definition) is 3. The zero-order valence-electron chi connectivity index (χ0n) is 15.5. The van der Waals surface area contributed by atoms with E-state index in [2.05, 4.69) is 45.6 Å². The van der Waals surface area contributed by atoms with Crippen molar-refractivity contribution in [1.29, 1.82) is 0 Å². The monoisotopic (exact) mass is 309 g/mol. The Morgan fingerprint density at radius 2 is 1.73 bits per heavy atom. The molecule has 1 heterocycles. The van der Waals surface area contributed by atoms with Gasteiger partial charge in [-0.15, -0.1) is 0 Å². The minimum atomic E-state index is -0.220. The Hall–Kier alpha value is -0.830. The van der Waals surface area contributed by atoms with Crippen LogP contribution in [0, 0.1) is 0 Å². The third-order valence-electron chi connectivity index (χ3n) is 4.56. The highest BCUT2D eigenvalue weighted by Crippen LogP contribution is 2.37. The lowest BCUT2D eigenvalue weighted by atomic mass is 9.83. The fraction of sp³-hybridized carbons (Fsp3) is 0.842. The topological polar surface area (TPSA) is 29.5 Å². The Kier molecular flexibility index (Phi) is 7.11. The van der Waals surface area contributed by atoms with Crippen LogP contribution < -0.4 is 0 Å². The molecule has 0 saturated heterocycles. The first-order valence-corrected chi connectivity index (χ1v) is 8.87. The molecule has 0 unspecified atom stereocenters. The van der Waals surface area contributed by atoms with E-state index in [4.69, 9.17) is 4.74 Å². The summed E-state index contributed by atoms with van der Waals surface area (Å²) in [5.41, 5.74) is -0.0532. The quantitative estimate of drug-likeness (QED) is 0.464. The maximum atomic E-state index is 11.2. The average Bonchev–Trinajstić information content (AvgIpc) is 2.33. The summed E-state index contributed by atoms with van der Waals surface area (Å²) in [5, 5.41) is 0. The van der Waals surface area contributed by atoms with Gasteiger partial charge in [0, 0.05) is 24.4 Å². The van der Waals surface area contributed by atoms with Gasteiger partial charge in [0.2, 0.25) is 0 Å². The summed E-state index contributed by atoms with van der Waals surface area (Å²) in [5.74, 6) is 0.601. The number of ether oxygens (including phenoxy) is 1. The molecule has 0 spiro atoms.